The number of morpholine rings is 1. The molecule has 1 fully saturated rings. The van der Waals surface area contributed by atoms with Gasteiger partial charge in [0.2, 0.25) is 5.95 Å². The number of aromatic nitrogens is 3. The number of hydrogen-bond acceptors (Lipinski definition) is 6. The van der Waals surface area contributed by atoms with Crippen molar-refractivity contribution in [3.8, 4) is 0 Å². The van der Waals surface area contributed by atoms with Crippen LogP contribution in [0.15, 0.2) is 29.4 Å². The maximum atomic E-state index is 6.56. The van der Waals surface area contributed by atoms with Crippen LogP contribution < -0.4 is 4.90 Å². The van der Waals surface area contributed by atoms with Crippen molar-refractivity contribution < 1.29 is 4.74 Å². The molecule has 0 atom stereocenters. The molecule has 8 heteroatoms. The second-order valence-electron chi connectivity index (χ2n) is 5.75. The molecule has 4 rings (SSSR count). The van der Waals surface area contributed by atoms with Crippen LogP contribution in [0.5, 0.6) is 0 Å². The van der Waals surface area contributed by atoms with E-state index in [0.29, 0.717) is 0 Å². The van der Waals surface area contributed by atoms with Gasteiger partial charge in [-0.2, -0.15) is 0 Å². The van der Waals surface area contributed by atoms with E-state index in [2.05, 4.69) is 44.8 Å². The van der Waals surface area contributed by atoms with Gasteiger partial charge in [0.25, 0.3) is 0 Å². The molecule has 5 nitrogen and oxygen atoms in total. The number of thioether (sulfide) groups is 1. The van der Waals surface area contributed by atoms with E-state index >= 15 is 0 Å². The van der Waals surface area contributed by atoms with Crippen LogP contribution in [0.3, 0.4) is 0 Å². The van der Waals surface area contributed by atoms with Crippen molar-refractivity contribution in [2.45, 2.75) is 24.4 Å². The molecule has 0 amide bonds. The number of fused-ring (bicyclic) bond motifs is 1. The number of hydrogen-bond donors (Lipinski definition) is 0. The van der Waals surface area contributed by atoms with Gasteiger partial charge < -0.3 is 9.64 Å². The number of rotatable bonds is 5. The quantitative estimate of drug-likeness (QED) is 0.604. The van der Waals surface area contributed by atoms with Gasteiger partial charge in [0.1, 0.15) is 0 Å². The molecule has 3 heterocycles. The molecular formula is C17H19ClN4OS2. The number of anilines is 1. The first-order chi connectivity index (χ1) is 12.3. The maximum Gasteiger partial charge on any atom is 0.228 e. The number of benzene rings is 1. The first-order valence-corrected chi connectivity index (χ1v) is 10.5. The van der Waals surface area contributed by atoms with E-state index in [0.717, 1.165) is 60.1 Å². The summed E-state index contributed by atoms with van der Waals surface area (Å²) in [6, 6.07) is 8.27. The Hall–Kier alpha value is -1.28. The van der Waals surface area contributed by atoms with Crippen molar-refractivity contribution in [1.82, 2.24) is 14.8 Å². The van der Waals surface area contributed by atoms with E-state index < -0.39 is 0 Å². The van der Waals surface area contributed by atoms with Crippen LogP contribution in [0.2, 0.25) is 5.02 Å². The Morgan fingerprint density at radius 3 is 2.80 bits per heavy atom. The minimum absolute atomic E-state index is 0.746. The summed E-state index contributed by atoms with van der Waals surface area (Å²) in [4.78, 5) is 3.43. The SMILES string of the molecule is CCn1c(SCc2sc3ccccc3c2Cl)nnc1N1CCOCC1. The smallest absolute Gasteiger partial charge is 0.228 e. The highest BCUT2D eigenvalue weighted by molar-refractivity contribution is 7.98. The Morgan fingerprint density at radius 1 is 1.24 bits per heavy atom. The van der Waals surface area contributed by atoms with Crippen LogP contribution in [0.1, 0.15) is 11.8 Å². The van der Waals surface area contributed by atoms with Gasteiger partial charge in [-0.25, -0.2) is 0 Å². The zero-order valence-corrected chi connectivity index (χ0v) is 16.3. The molecule has 0 N–H and O–H groups in total. The highest BCUT2D eigenvalue weighted by Crippen LogP contribution is 2.38. The van der Waals surface area contributed by atoms with Crippen LogP contribution in [0, 0.1) is 0 Å². The van der Waals surface area contributed by atoms with Crippen molar-refractivity contribution in [3.63, 3.8) is 0 Å². The molecule has 1 saturated heterocycles. The highest BCUT2D eigenvalue weighted by atomic mass is 35.5. The minimum atomic E-state index is 0.746. The summed E-state index contributed by atoms with van der Waals surface area (Å²) in [6.07, 6.45) is 0. The van der Waals surface area contributed by atoms with Gasteiger partial charge in [-0.1, -0.05) is 41.6 Å². The molecular weight excluding hydrogens is 376 g/mol. The number of ether oxygens (including phenoxy) is 1. The van der Waals surface area contributed by atoms with Gasteiger partial charge in [-0.05, 0) is 13.0 Å². The Morgan fingerprint density at radius 2 is 2.04 bits per heavy atom. The number of nitrogens with zero attached hydrogens (tertiary/aromatic N) is 4. The second-order valence-corrected chi connectivity index (χ2v) is 8.21. The minimum Gasteiger partial charge on any atom is -0.378 e. The van der Waals surface area contributed by atoms with Gasteiger partial charge in [0, 0.05) is 40.4 Å². The fourth-order valence-corrected chi connectivity index (χ4v) is 5.61. The van der Waals surface area contributed by atoms with Gasteiger partial charge in [-0.15, -0.1) is 21.5 Å². The van der Waals surface area contributed by atoms with E-state index in [-0.39, 0.29) is 0 Å². The fraction of sp³-hybridized carbons (Fsp3) is 0.412. The molecule has 3 aromatic rings. The Balaban J connectivity index is 1.54. The van der Waals surface area contributed by atoms with Crippen molar-refractivity contribution in [2.24, 2.45) is 0 Å². The molecule has 132 valence electrons. The Bertz CT molecular complexity index is 873. The van der Waals surface area contributed by atoms with E-state index in [1.807, 2.05) is 6.07 Å². The molecule has 1 aliphatic heterocycles. The lowest BCUT2D eigenvalue weighted by Gasteiger charge is -2.27. The molecule has 0 bridgehead atoms. The van der Waals surface area contributed by atoms with E-state index in [4.69, 9.17) is 16.3 Å². The molecule has 0 aliphatic carbocycles. The maximum absolute atomic E-state index is 6.56. The highest BCUT2D eigenvalue weighted by Gasteiger charge is 2.20. The zero-order chi connectivity index (χ0) is 17.2. The van der Waals surface area contributed by atoms with Crippen LogP contribution >= 0.6 is 34.7 Å². The van der Waals surface area contributed by atoms with Gasteiger partial charge in [-0.3, -0.25) is 4.57 Å². The van der Waals surface area contributed by atoms with Crippen molar-refractivity contribution in [3.05, 3.63) is 34.2 Å². The summed E-state index contributed by atoms with van der Waals surface area (Å²) >= 11 is 10.0. The average molecular weight is 395 g/mol. The van der Waals surface area contributed by atoms with Crippen molar-refractivity contribution in [1.29, 1.82) is 0 Å². The predicted molar refractivity (Wildman–Crippen MR) is 105 cm³/mol. The summed E-state index contributed by atoms with van der Waals surface area (Å²) in [5.74, 6) is 1.75. The van der Waals surface area contributed by atoms with Crippen LogP contribution in [-0.4, -0.2) is 41.1 Å². The normalized spacial score (nSPS) is 15.2. The third-order valence-corrected chi connectivity index (χ3v) is 7.13. The monoisotopic (exact) mass is 394 g/mol. The van der Waals surface area contributed by atoms with E-state index in [1.165, 1.54) is 9.58 Å². The van der Waals surface area contributed by atoms with Crippen LogP contribution in [-0.2, 0) is 17.0 Å². The molecule has 25 heavy (non-hydrogen) atoms. The van der Waals surface area contributed by atoms with Gasteiger partial charge in [0.15, 0.2) is 5.16 Å². The Kier molecular flexibility index (Phi) is 5.17. The lowest BCUT2D eigenvalue weighted by molar-refractivity contribution is 0.121. The fourth-order valence-electron chi connectivity index (χ4n) is 2.95. The molecule has 1 aromatic carbocycles. The molecule has 0 radical (unpaired) electrons. The summed E-state index contributed by atoms with van der Waals surface area (Å²) in [7, 11) is 0. The summed E-state index contributed by atoms with van der Waals surface area (Å²) in [6.45, 7) is 6.20. The Labute approximate surface area is 159 Å². The van der Waals surface area contributed by atoms with Gasteiger partial charge >= 0.3 is 0 Å². The molecule has 2 aromatic heterocycles. The molecule has 1 aliphatic rings. The first-order valence-electron chi connectivity index (χ1n) is 8.32. The average Bonchev–Trinajstić information content (AvgIpc) is 3.22. The topological polar surface area (TPSA) is 43.2 Å². The lowest BCUT2D eigenvalue weighted by Crippen LogP contribution is -2.38. The molecule has 0 spiro atoms. The zero-order valence-electron chi connectivity index (χ0n) is 13.9. The summed E-state index contributed by atoms with van der Waals surface area (Å²) in [5.41, 5.74) is 0. The lowest BCUT2D eigenvalue weighted by atomic mass is 10.2. The third-order valence-electron chi connectivity index (χ3n) is 4.24. The standard InChI is InChI=1S/C17H19ClN4OS2/c1-2-22-16(21-7-9-23-10-8-21)19-20-17(22)24-11-14-15(18)12-5-3-4-6-13(12)25-14/h3-6H,2,7-11H2,1H3. The largest absolute Gasteiger partial charge is 0.378 e. The van der Waals surface area contributed by atoms with Gasteiger partial charge in [0.05, 0.1) is 18.2 Å². The van der Waals surface area contributed by atoms with Crippen LogP contribution in [0.25, 0.3) is 10.1 Å². The van der Waals surface area contributed by atoms with Crippen molar-refractivity contribution in [2.75, 3.05) is 31.2 Å². The van der Waals surface area contributed by atoms with E-state index in [9.17, 15) is 0 Å². The first kappa shape index (κ1) is 17.1. The number of halogens is 1. The second kappa shape index (κ2) is 7.53. The third kappa shape index (κ3) is 3.38. The molecule has 0 saturated carbocycles. The molecule has 0 unspecified atom stereocenters. The summed E-state index contributed by atoms with van der Waals surface area (Å²) in [5, 5.41) is 11.8. The van der Waals surface area contributed by atoms with Crippen LogP contribution in [0.4, 0.5) is 5.95 Å². The number of thiophene rings is 1. The predicted octanol–water partition coefficient (Wildman–Crippen LogP) is 4.30. The van der Waals surface area contributed by atoms with Crippen molar-refractivity contribution >= 4 is 50.7 Å². The summed E-state index contributed by atoms with van der Waals surface area (Å²) < 4.78 is 8.84. The van der Waals surface area contributed by atoms with E-state index in [1.54, 1.807) is 23.1 Å².